The minimum absolute atomic E-state index is 0.700. The lowest BCUT2D eigenvalue weighted by Crippen LogP contribution is -2.10. The number of rotatable bonds is 5. The first kappa shape index (κ1) is 14.1. The molecule has 4 nitrogen and oxygen atoms in total. The van der Waals surface area contributed by atoms with E-state index in [1.165, 1.54) is 0 Å². The molecule has 19 heavy (non-hydrogen) atoms. The van der Waals surface area contributed by atoms with Gasteiger partial charge in [0.15, 0.2) is 0 Å². The molecule has 1 unspecified atom stereocenters. The van der Waals surface area contributed by atoms with Gasteiger partial charge in [-0.1, -0.05) is 19.1 Å². The van der Waals surface area contributed by atoms with E-state index < -0.39 is 6.10 Å². The van der Waals surface area contributed by atoms with Crippen LogP contribution in [0.5, 0.6) is 5.75 Å². The fraction of sp³-hybridized carbons (Fsp3) is 0.357. The number of hydrogen-bond donors (Lipinski definition) is 1. The summed E-state index contributed by atoms with van der Waals surface area (Å²) in [5.74, 6) is 0.775. The number of hydrogen-bond acceptors (Lipinski definition) is 3. The van der Waals surface area contributed by atoms with Gasteiger partial charge in [0.2, 0.25) is 0 Å². The molecular weight excluding hydrogens is 308 g/mol. The van der Waals surface area contributed by atoms with Crippen LogP contribution in [0.15, 0.2) is 34.9 Å². The highest BCUT2D eigenvalue weighted by Gasteiger charge is 2.19. The summed E-state index contributed by atoms with van der Waals surface area (Å²) in [6, 6.07) is 7.40. The van der Waals surface area contributed by atoms with Crippen molar-refractivity contribution in [3.05, 3.63) is 46.2 Å². The predicted octanol–water partition coefficient (Wildman–Crippen LogP) is 3.15. The van der Waals surface area contributed by atoms with Crippen LogP contribution in [0.1, 0.15) is 30.7 Å². The van der Waals surface area contributed by atoms with Crippen molar-refractivity contribution in [1.29, 1.82) is 0 Å². The highest BCUT2D eigenvalue weighted by Crippen LogP contribution is 2.29. The summed E-state index contributed by atoms with van der Waals surface area (Å²) in [6.07, 6.45) is 1.99. The second-order valence-electron chi connectivity index (χ2n) is 4.28. The van der Waals surface area contributed by atoms with Gasteiger partial charge in [-0.2, -0.15) is 5.10 Å². The third-order valence-electron chi connectivity index (χ3n) is 2.96. The lowest BCUT2D eigenvalue weighted by Gasteiger charge is -2.14. The van der Waals surface area contributed by atoms with Crippen molar-refractivity contribution in [2.45, 2.75) is 26.0 Å². The Morgan fingerprint density at radius 3 is 2.63 bits per heavy atom. The molecule has 1 aromatic heterocycles. The standard InChI is InChI=1S/C14H17BrN2O2/c1-3-8-17-13(12(15)9-16-17)14(18)10-4-6-11(19-2)7-5-10/h4-7,9,14,18H,3,8H2,1-2H3. The predicted molar refractivity (Wildman–Crippen MR) is 77.3 cm³/mol. The Morgan fingerprint density at radius 2 is 2.05 bits per heavy atom. The molecule has 1 heterocycles. The van der Waals surface area contributed by atoms with Crippen LogP contribution in [0.3, 0.4) is 0 Å². The quantitative estimate of drug-likeness (QED) is 0.919. The molecule has 102 valence electrons. The second-order valence-corrected chi connectivity index (χ2v) is 5.13. The van der Waals surface area contributed by atoms with E-state index in [0.29, 0.717) is 0 Å². The number of ether oxygens (including phenoxy) is 1. The van der Waals surface area contributed by atoms with E-state index in [2.05, 4.69) is 28.0 Å². The number of methoxy groups -OCH3 is 1. The zero-order valence-electron chi connectivity index (χ0n) is 11.0. The molecule has 0 spiro atoms. The van der Waals surface area contributed by atoms with Gasteiger partial charge < -0.3 is 9.84 Å². The molecule has 5 heteroatoms. The minimum Gasteiger partial charge on any atom is -0.497 e. The summed E-state index contributed by atoms with van der Waals surface area (Å²) in [6.45, 7) is 2.87. The highest BCUT2D eigenvalue weighted by atomic mass is 79.9. The number of aliphatic hydroxyl groups excluding tert-OH is 1. The molecule has 1 N–H and O–H groups in total. The lowest BCUT2D eigenvalue weighted by atomic mass is 10.1. The van der Waals surface area contributed by atoms with Crippen LogP contribution >= 0.6 is 15.9 Å². The van der Waals surface area contributed by atoms with Gasteiger partial charge in [0.05, 0.1) is 23.5 Å². The molecule has 0 amide bonds. The van der Waals surface area contributed by atoms with Gasteiger partial charge in [-0.15, -0.1) is 0 Å². The number of aliphatic hydroxyl groups is 1. The molecule has 2 rings (SSSR count). The number of aryl methyl sites for hydroxylation is 1. The summed E-state index contributed by atoms with van der Waals surface area (Å²) in [5, 5.41) is 14.8. The average molecular weight is 325 g/mol. The smallest absolute Gasteiger partial charge is 0.122 e. The average Bonchev–Trinajstić information content (AvgIpc) is 2.80. The van der Waals surface area contributed by atoms with E-state index >= 15 is 0 Å². The Morgan fingerprint density at radius 1 is 1.37 bits per heavy atom. The molecule has 0 aliphatic heterocycles. The van der Waals surface area contributed by atoms with Crippen molar-refractivity contribution in [2.75, 3.05) is 7.11 Å². The van der Waals surface area contributed by atoms with E-state index in [-0.39, 0.29) is 0 Å². The van der Waals surface area contributed by atoms with E-state index in [9.17, 15) is 5.11 Å². The van der Waals surface area contributed by atoms with Crippen molar-refractivity contribution in [2.24, 2.45) is 0 Å². The summed E-state index contributed by atoms with van der Waals surface area (Å²) >= 11 is 3.45. The molecule has 0 aliphatic carbocycles. The van der Waals surface area contributed by atoms with Crippen LogP contribution < -0.4 is 4.74 Å². The molecule has 1 aromatic carbocycles. The molecule has 2 aromatic rings. The molecular formula is C14H17BrN2O2. The maximum Gasteiger partial charge on any atom is 0.122 e. The monoisotopic (exact) mass is 324 g/mol. The highest BCUT2D eigenvalue weighted by molar-refractivity contribution is 9.10. The van der Waals surface area contributed by atoms with Crippen molar-refractivity contribution >= 4 is 15.9 Å². The maximum absolute atomic E-state index is 10.5. The zero-order chi connectivity index (χ0) is 13.8. The molecule has 0 fully saturated rings. The fourth-order valence-electron chi connectivity index (χ4n) is 1.98. The SMILES string of the molecule is CCCn1ncc(Br)c1C(O)c1ccc(OC)cc1. The summed E-state index contributed by atoms with van der Waals surface area (Å²) in [5.41, 5.74) is 1.60. The largest absolute Gasteiger partial charge is 0.497 e. The topological polar surface area (TPSA) is 47.3 Å². The fourth-order valence-corrected chi connectivity index (χ4v) is 2.49. The second kappa shape index (κ2) is 6.21. The third-order valence-corrected chi connectivity index (χ3v) is 3.57. The van der Waals surface area contributed by atoms with Crippen LogP contribution in [-0.2, 0) is 6.54 Å². The van der Waals surface area contributed by atoms with Gasteiger partial charge in [0, 0.05) is 6.54 Å². The first-order chi connectivity index (χ1) is 9.17. The van der Waals surface area contributed by atoms with E-state index in [1.807, 2.05) is 28.9 Å². The van der Waals surface area contributed by atoms with Gasteiger partial charge >= 0.3 is 0 Å². The van der Waals surface area contributed by atoms with Gasteiger partial charge in [0.1, 0.15) is 11.9 Å². The van der Waals surface area contributed by atoms with Crippen LogP contribution in [0.25, 0.3) is 0 Å². The number of nitrogens with zero attached hydrogens (tertiary/aromatic N) is 2. The van der Waals surface area contributed by atoms with Gasteiger partial charge in [-0.05, 0) is 40.0 Å². The Labute approximate surface area is 121 Å². The molecule has 0 aliphatic rings. The molecule has 0 bridgehead atoms. The van der Waals surface area contributed by atoms with E-state index in [0.717, 1.165) is 34.4 Å². The van der Waals surface area contributed by atoms with Crippen LogP contribution in [0.2, 0.25) is 0 Å². The minimum atomic E-state index is -0.700. The molecule has 0 saturated heterocycles. The van der Waals surface area contributed by atoms with Crippen LogP contribution in [0, 0.1) is 0 Å². The lowest BCUT2D eigenvalue weighted by molar-refractivity contribution is 0.206. The van der Waals surface area contributed by atoms with Gasteiger partial charge in [0.25, 0.3) is 0 Å². The van der Waals surface area contributed by atoms with Gasteiger partial charge in [-0.25, -0.2) is 0 Å². The van der Waals surface area contributed by atoms with Crippen molar-refractivity contribution in [1.82, 2.24) is 9.78 Å². The van der Waals surface area contributed by atoms with Crippen molar-refractivity contribution < 1.29 is 9.84 Å². The third kappa shape index (κ3) is 2.98. The molecule has 0 radical (unpaired) electrons. The Balaban J connectivity index is 2.31. The van der Waals surface area contributed by atoms with Crippen molar-refractivity contribution in [3.63, 3.8) is 0 Å². The number of benzene rings is 1. The Bertz CT molecular complexity index is 537. The summed E-state index contributed by atoms with van der Waals surface area (Å²) in [7, 11) is 1.62. The number of halogens is 1. The maximum atomic E-state index is 10.5. The molecule has 1 atom stereocenters. The van der Waals surface area contributed by atoms with Crippen LogP contribution in [0.4, 0.5) is 0 Å². The summed E-state index contributed by atoms with van der Waals surface area (Å²) < 4.78 is 7.77. The Kier molecular flexibility index (Phi) is 4.61. The zero-order valence-corrected chi connectivity index (χ0v) is 12.6. The van der Waals surface area contributed by atoms with E-state index in [4.69, 9.17) is 4.74 Å². The first-order valence-corrected chi connectivity index (χ1v) is 7.00. The Hall–Kier alpha value is -1.33. The van der Waals surface area contributed by atoms with Crippen LogP contribution in [-0.4, -0.2) is 22.0 Å². The summed E-state index contributed by atoms with van der Waals surface area (Å²) in [4.78, 5) is 0. The number of aromatic nitrogens is 2. The normalized spacial score (nSPS) is 12.4. The molecule has 0 saturated carbocycles. The van der Waals surface area contributed by atoms with Gasteiger partial charge in [-0.3, -0.25) is 4.68 Å². The van der Waals surface area contributed by atoms with Crippen molar-refractivity contribution in [3.8, 4) is 5.75 Å². The first-order valence-electron chi connectivity index (χ1n) is 6.20. The van der Waals surface area contributed by atoms with E-state index in [1.54, 1.807) is 13.3 Å².